The minimum atomic E-state index is -3.18. The summed E-state index contributed by atoms with van der Waals surface area (Å²) in [7, 11) is -3.18. The van der Waals surface area contributed by atoms with E-state index in [9.17, 15) is 8.42 Å². The Balaban J connectivity index is 2.05. The quantitative estimate of drug-likeness (QED) is 0.638. The fraction of sp³-hybridized carbons (Fsp3) is 0.417. The molecule has 3 aliphatic rings. The van der Waals surface area contributed by atoms with Crippen LogP contribution in [0.1, 0.15) is 17.9 Å². The van der Waals surface area contributed by atoms with Gasteiger partial charge < -0.3 is 0 Å². The van der Waals surface area contributed by atoms with Gasteiger partial charge in [0.2, 0.25) is 0 Å². The van der Waals surface area contributed by atoms with Crippen LogP contribution < -0.4 is 0 Å². The summed E-state index contributed by atoms with van der Waals surface area (Å²) in [6, 6.07) is 3.77. The topological polar surface area (TPSA) is 47.0 Å². The van der Waals surface area contributed by atoms with Crippen LogP contribution in [0, 0.1) is 11.8 Å². The average Bonchev–Trinajstić information content (AvgIpc) is 2.92. The number of hydrogen-bond acceptors (Lipinski definition) is 3. The predicted molar refractivity (Wildman–Crippen MR) is 58.7 cm³/mol. The molecular formula is C12H11NO2S. The van der Waals surface area contributed by atoms with Crippen LogP contribution in [-0.4, -0.2) is 18.7 Å². The third kappa shape index (κ3) is 0.820. The molecule has 1 aromatic rings. The lowest BCUT2D eigenvalue weighted by atomic mass is 9.88. The number of aromatic nitrogens is 1. The minimum Gasteiger partial charge on any atom is -0.244 e. The molecule has 1 aromatic heterocycles. The molecular weight excluding hydrogens is 222 g/mol. The molecule has 0 aromatic carbocycles. The second-order valence-electron chi connectivity index (χ2n) is 4.88. The molecule has 0 radical (unpaired) electrons. The summed E-state index contributed by atoms with van der Waals surface area (Å²) >= 11 is 0. The molecule has 2 heterocycles. The molecule has 1 saturated carbocycles. The molecule has 0 spiro atoms. The Morgan fingerprint density at radius 3 is 2.94 bits per heavy atom. The van der Waals surface area contributed by atoms with Crippen LogP contribution >= 0.6 is 0 Å². The monoisotopic (exact) mass is 233 g/mol. The van der Waals surface area contributed by atoms with E-state index in [1.165, 1.54) is 0 Å². The highest BCUT2D eigenvalue weighted by Crippen LogP contribution is 2.57. The molecule has 4 rings (SSSR count). The zero-order valence-corrected chi connectivity index (χ0v) is 9.39. The highest BCUT2D eigenvalue weighted by molar-refractivity contribution is 7.92. The van der Waals surface area contributed by atoms with Crippen LogP contribution in [0.25, 0.3) is 0 Å². The molecule has 4 atom stereocenters. The Morgan fingerprint density at radius 1 is 1.25 bits per heavy atom. The highest BCUT2D eigenvalue weighted by Gasteiger charge is 2.57. The predicted octanol–water partition coefficient (Wildman–Crippen LogP) is 1.53. The van der Waals surface area contributed by atoms with E-state index in [0.717, 1.165) is 12.0 Å². The highest BCUT2D eigenvalue weighted by atomic mass is 32.2. The van der Waals surface area contributed by atoms with E-state index in [4.69, 9.17) is 0 Å². The molecule has 1 aliphatic heterocycles. The fourth-order valence-electron chi connectivity index (χ4n) is 3.63. The zero-order valence-electron chi connectivity index (χ0n) is 8.58. The Morgan fingerprint density at radius 2 is 2.06 bits per heavy atom. The Labute approximate surface area is 94.1 Å². The van der Waals surface area contributed by atoms with E-state index >= 15 is 0 Å². The van der Waals surface area contributed by atoms with Crippen molar-refractivity contribution in [3.63, 3.8) is 0 Å². The van der Waals surface area contributed by atoms with Gasteiger partial charge >= 0.3 is 0 Å². The first-order valence-electron chi connectivity index (χ1n) is 5.57. The van der Waals surface area contributed by atoms with Crippen LogP contribution in [0.2, 0.25) is 0 Å². The third-order valence-corrected chi connectivity index (χ3v) is 6.41. The van der Waals surface area contributed by atoms with Crippen LogP contribution in [-0.2, 0) is 9.84 Å². The summed E-state index contributed by atoms with van der Waals surface area (Å²) in [5.74, 6) is 0.799. The van der Waals surface area contributed by atoms with Gasteiger partial charge in [-0.3, -0.25) is 0 Å². The summed E-state index contributed by atoms with van der Waals surface area (Å²) in [5.41, 5.74) is 0.948. The SMILES string of the molecule is O=S1(=O)c2ncccc2[C@H]2[C@@H]1[C@H]1C=C[C@@H]2C1. The maximum absolute atomic E-state index is 12.4. The molecule has 82 valence electrons. The number of fused-ring (bicyclic) bond motifs is 7. The van der Waals surface area contributed by atoms with Crippen LogP contribution in [0.5, 0.6) is 0 Å². The van der Waals surface area contributed by atoms with Gasteiger partial charge in [-0.2, -0.15) is 0 Å². The molecule has 0 amide bonds. The van der Waals surface area contributed by atoms with Crippen LogP contribution in [0.3, 0.4) is 0 Å². The fourth-order valence-corrected chi connectivity index (χ4v) is 6.03. The van der Waals surface area contributed by atoms with E-state index in [0.29, 0.717) is 10.9 Å². The van der Waals surface area contributed by atoms with Gasteiger partial charge in [-0.1, -0.05) is 18.2 Å². The van der Waals surface area contributed by atoms with Gasteiger partial charge in [-0.15, -0.1) is 0 Å². The van der Waals surface area contributed by atoms with Gasteiger partial charge in [0.25, 0.3) is 0 Å². The number of rotatable bonds is 0. The maximum atomic E-state index is 12.4. The summed E-state index contributed by atoms with van der Waals surface area (Å²) in [5, 5.41) is 0.107. The molecule has 0 N–H and O–H groups in total. The smallest absolute Gasteiger partial charge is 0.199 e. The largest absolute Gasteiger partial charge is 0.244 e. The minimum absolute atomic E-state index is 0.170. The Hall–Kier alpha value is -1.16. The Kier molecular flexibility index (Phi) is 1.43. The van der Waals surface area contributed by atoms with Gasteiger partial charge in [0.1, 0.15) is 0 Å². The van der Waals surface area contributed by atoms with Crippen LogP contribution in [0.4, 0.5) is 0 Å². The zero-order chi connectivity index (χ0) is 10.9. The van der Waals surface area contributed by atoms with E-state index in [-0.39, 0.29) is 17.1 Å². The standard InChI is InChI=1S/C12H11NO2S/c14-16(15)11-8-4-3-7(6-8)10(11)9-2-1-5-13-12(9)16/h1-5,7-8,10-11H,6H2/t7-,8+,10+,11+/m1/s1. The van der Waals surface area contributed by atoms with Gasteiger partial charge in [0.15, 0.2) is 14.9 Å². The number of sulfone groups is 1. The van der Waals surface area contributed by atoms with E-state index in [1.807, 2.05) is 12.1 Å². The van der Waals surface area contributed by atoms with Crippen molar-refractivity contribution in [2.75, 3.05) is 0 Å². The van der Waals surface area contributed by atoms with Crippen molar-refractivity contribution in [2.24, 2.45) is 11.8 Å². The average molecular weight is 233 g/mol. The number of nitrogens with zero attached hydrogens (tertiary/aromatic N) is 1. The van der Waals surface area contributed by atoms with Crippen molar-refractivity contribution in [1.29, 1.82) is 0 Å². The number of pyridine rings is 1. The summed E-state index contributed by atoms with van der Waals surface area (Å²) < 4.78 is 24.7. The van der Waals surface area contributed by atoms with Crippen molar-refractivity contribution in [3.05, 3.63) is 36.0 Å². The molecule has 1 fully saturated rings. The lowest BCUT2D eigenvalue weighted by Gasteiger charge is -2.18. The molecule has 0 saturated heterocycles. The first-order valence-corrected chi connectivity index (χ1v) is 7.11. The van der Waals surface area contributed by atoms with Gasteiger partial charge in [-0.05, 0) is 29.9 Å². The van der Waals surface area contributed by atoms with E-state index in [1.54, 1.807) is 6.20 Å². The molecule has 4 heteroatoms. The molecule has 2 aliphatic carbocycles. The summed E-state index contributed by atoms with van der Waals surface area (Å²) in [6.45, 7) is 0. The molecule has 3 nitrogen and oxygen atoms in total. The van der Waals surface area contributed by atoms with Crippen molar-refractivity contribution in [3.8, 4) is 0 Å². The molecule has 0 unspecified atom stereocenters. The lowest BCUT2D eigenvalue weighted by Crippen LogP contribution is -2.25. The normalized spacial score (nSPS) is 41.0. The summed E-state index contributed by atoms with van der Waals surface area (Å²) in [6.07, 6.45) is 6.84. The van der Waals surface area contributed by atoms with Gasteiger partial charge in [0, 0.05) is 12.1 Å². The first kappa shape index (κ1) is 8.93. The van der Waals surface area contributed by atoms with Crippen molar-refractivity contribution < 1.29 is 8.42 Å². The second kappa shape index (κ2) is 2.56. The second-order valence-corrected chi connectivity index (χ2v) is 6.90. The first-order chi connectivity index (χ1) is 7.69. The summed E-state index contributed by atoms with van der Waals surface area (Å²) in [4.78, 5) is 4.08. The van der Waals surface area contributed by atoms with Crippen molar-refractivity contribution in [1.82, 2.24) is 4.98 Å². The van der Waals surface area contributed by atoms with Gasteiger partial charge in [-0.25, -0.2) is 13.4 Å². The lowest BCUT2D eigenvalue weighted by molar-refractivity contribution is 0.555. The third-order valence-electron chi connectivity index (χ3n) is 4.17. The van der Waals surface area contributed by atoms with Gasteiger partial charge in [0.05, 0.1) is 5.25 Å². The molecule has 2 bridgehead atoms. The Bertz CT molecular complexity index is 605. The van der Waals surface area contributed by atoms with Crippen molar-refractivity contribution in [2.45, 2.75) is 22.6 Å². The number of allylic oxidation sites excluding steroid dienone is 2. The number of hydrogen-bond donors (Lipinski definition) is 0. The molecule has 16 heavy (non-hydrogen) atoms. The van der Waals surface area contributed by atoms with Crippen molar-refractivity contribution >= 4 is 9.84 Å². The maximum Gasteiger partial charge on any atom is 0.199 e. The van der Waals surface area contributed by atoms with Crippen LogP contribution in [0.15, 0.2) is 35.5 Å². The van der Waals surface area contributed by atoms with E-state index < -0.39 is 9.84 Å². The van der Waals surface area contributed by atoms with E-state index in [2.05, 4.69) is 17.1 Å².